The average molecular weight is 310 g/mol. The van der Waals surface area contributed by atoms with Gasteiger partial charge in [0.05, 0.1) is 25.2 Å². The Bertz CT molecular complexity index is 376. The van der Waals surface area contributed by atoms with Gasteiger partial charge in [0, 0.05) is 25.6 Å². The van der Waals surface area contributed by atoms with Gasteiger partial charge in [-0.3, -0.25) is 4.79 Å². The Kier molecular flexibility index (Phi) is 5.05. The van der Waals surface area contributed by atoms with Gasteiger partial charge in [-0.1, -0.05) is 6.92 Å². The summed E-state index contributed by atoms with van der Waals surface area (Å²) in [6.45, 7) is 8.59. The van der Waals surface area contributed by atoms with E-state index in [1.807, 2.05) is 0 Å². The lowest BCUT2D eigenvalue weighted by Gasteiger charge is -2.45. The maximum Gasteiger partial charge on any atom is 0.225 e. The molecular formula is C17H30N2O3. The molecule has 22 heavy (non-hydrogen) atoms. The lowest BCUT2D eigenvalue weighted by Crippen LogP contribution is -2.55. The molecule has 1 amide bonds. The summed E-state index contributed by atoms with van der Waals surface area (Å²) in [7, 11) is 0. The van der Waals surface area contributed by atoms with Crippen molar-refractivity contribution < 1.29 is 14.6 Å². The van der Waals surface area contributed by atoms with Crippen molar-refractivity contribution in [1.82, 2.24) is 9.80 Å². The number of carbonyl (C=O) groups is 1. The lowest BCUT2D eigenvalue weighted by atomic mass is 9.85. The lowest BCUT2D eigenvalue weighted by molar-refractivity contribution is -0.152. The first kappa shape index (κ1) is 16.2. The number of hydrogen-bond donors (Lipinski definition) is 1. The summed E-state index contributed by atoms with van der Waals surface area (Å²) in [4.78, 5) is 17.1. The number of piperidine rings is 2. The van der Waals surface area contributed by atoms with Crippen molar-refractivity contribution in [3.05, 3.63) is 0 Å². The van der Waals surface area contributed by atoms with Crippen molar-refractivity contribution in [2.75, 3.05) is 52.5 Å². The Morgan fingerprint density at radius 1 is 1.14 bits per heavy atom. The highest BCUT2D eigenvalue weighted by atomic mass is 16.5. The van der Waals surface area contributed by atoms with Crippen LogP contribution >= 0.6 is 0 Å². The normalized spacial score (nSPS) is 27.6. The van der Waals surface area contributed by atoms with Crippen molar-refractivity contribution >= 4 is 5.91 Å². The molecule has 0 aromatic heterocycles. The third kappa shape index (κ3) is 3.47. The highest BCUT2D eigenvalue weighted by Crippen LogP contribution is 2.30. The number of rotatable bonds is 4. The first-order valence-corrected chi connectivity index (χ1v) is 8.82. The van der Waals surface area contributed by atoms with E-state index in [0.717, 1.165) is 64.3 Å². The molecule has 0 atom stereocenters. The Labute approximate surface area is 133 Å². The average Bonchev–Trinajstić information content (AvgIpc) is 2.52. The topological polar surface area (TPSA) is 53.0 Å². The van der Waals surface area contributed by atoms with E-state index in [-0.39, 0.29) is 17.9 Å². The summed E-state index contributed by atoms with van der Waals surface area (Å²) in [6, 6.07) is 0. The number of carbonyl (C=O) groups excluding carboxylic acids is 1. The number of ether oxygens (including phenoxy) is 1. The number of hydrogen-bond acceptors (Lipinski definition) is 4. The quantitative estimate of drug-likeness (QED) is 0.840. The second kappa shape index (κ2) is 6.85. The van der Waals surface area contributed by atoms with Crippen molar-refractivity contribution in [2.24, 2.45) is 17.3 Å². The van der Waals surface area contributed by atoms with Gasteiger partial charge in [0.1, 0.15) is 0 Å². The number of aliphatic hydroxyl groups excluding tert-OH is 1. The summed E-state index contributed by atoms with van der Waals surface area (Å²) in [6.07, 6.45) is 4.24. The second-order valence-corrected chi connectivity index (χ2v) is 7.71. The van der Waals surface area contributed by atoms with Crippen LogP contribution in [0.25, 0.3) is 0 Å². The molecule has 0 unspecified atom stereocenters. The highest BCUT2D eigenvalue weighted by Gasteiger charge is 2.40. The van der Waals surface area contributed by atoms with Gasteiger partial charge in [-0.15, -0.1) is 0 Å². The van der Waals surface area contributed by atoms with Gasteiger partial charge in [0.2, 0.25) is 5.91 Å². The Balaban J connectivity index is 1.44. The van der Waals surface area contributed by atoms with Crippen LogP contribution in [0.1, 0.15) is 32.6 Å². The Hall–Kier alpha value is -0.650. The molecule has 5 nitrogen and oxygen atoms in total. The molecule has 126 valence electrons. The number of amides is 1. The molecule has 5 heteroatoms. The molecule has 3 heterocycles. The Morgan fingerprint density at radius 2 is 1.77 bits per heavy atom. The minimum atomic E-state index is -0.0418. The smallest absolute Gasteiger partial charge is 0.225 e. The summed E-state index contributed by atoms with van der Waals surface area (Å²) < 4.78 is 5.27. The second-order valence-electron chi connectivity index (χ2n) is 7.71. The fourth-order valence-electron chi connectivity index (χ4n) is 3.92. The molecule has 0 aromatic rings. The molecule has 0 saturated carbocycles. The predicted molar refractivity (Wildman–Crippen MR) is 84.5 cm³/mol. The minimum Gasteiger partial charge on any atom is -0.396 e. The van der Waals surface area contributed by atoms with Gasteiger partial charge in [0.15, 0.2) is 0 Å². The summed E-state index contributed by atoms with van der Waals surface area (Å²) in [5.74, 6) is 1.37. The first-order valence-electron chi connectivity index (χ1n) is 8.82. The first-order chi connectivity index (χ1) is 10.6. The van der Waals surface area contributed by atoms with Crippen LogP contribution in [0.2, 0.25) is 0 Å². The fourth-order valence-corrected chi connectivity index (χ4v) is 3.92. The molecule has 3 rings (SSSR count). The van der Waals surface area contributed by atoms with Crippen molar-refractivity contribution in [3.63, 3.8) is 0 Å². The van der Waals surface area contributed by atoms with E-state index < -0.39 is 0 Å². The van der Waals surface area contributed by atoms with E-state index in [9.17, 15) is 9.90 Å². The third-order valence-electron chi connectivity index (χ3n) is 5.74. The Morgan fingerprint density at radius 3 is 2.27 bits per heavy atom. The molecule has 0 radical (unpaired) electrons. The van der Waals surface area contributed by atoms with Gasteiger partial charge in [-0.05, 0) is 44.7 Å². The molecular weight excluding hydrogens is 280 g/mol. The van der Waals surface area contributed by atoms with Gasteiger partial charge >= 0.3 is 0 Å². The van der Waals surface area contributed by atoms with Crippen LogP contribution in [-0.2, 0) is 9.53 Å². The van der Waals surface area contributed by atoms with Crippen molar-refractivity contribution in [1.29, 1.82) is 0 Å². The van der Waals surface area contributed by atoms with Gasteiger partial charge in [-0.2, -0.15) is 0 Å². The standard InChI is InChI=1S/C17H30N2O3/c1-14-2-8-19(9-3-14)16(21)15-4-6-18(7-5-15)10-17(11-20)12-22-13-17/h14-15,20H,2-13H2,1H3. The van der Waals surface area contributed by atoms with E-state index in [1.54, 1.807) is 0 Å². The molecule has 0 bridgehead atoms. The van der Waals surface area contributed by atoms with E-state index in [1.165, 1.54) is 0 Å². The van der Waals surface area contributed by atoms with Crippen LogP contribution in [0, 0.1) is 17.3 Å². The van der Waals surface area contributed by atoms with Crippen LogP contribution < -0.4 is 0 Å². The van der Waals surface area contributed by atoms with Crippen molar-refractivity contribution in [3.8, 4) is 0 Å². The van der Waals surface area contributed by atoms with E-state index in [0.29, 0.717) is 19.1 Å². The molecule has 3 fully saturated rings. The minimum absolute atomic E-state index is 0.0418. The van der Waals surface area contributed by atoms with Crippen molar-refractivity contribution in [2.45, 2.75) is 32.6 Å². The number of aliphatic hydroxyl groups is 1. The summed E-state index contributed by atoms with van der Waals surface area (Å²) >= 11 is 0. The molecule has 3 aliphatic rings. The number of likely N-dealkylation sites (tertiary alicyclic amines) is 2. The maximum atomic E-state index is 12.6. The largest absolute Gasteiger partial charge is 0.396 e. The van der Waals surface area contributed by atoms with Crippen LogP contribution in [0.4, 0.5) is 0 Å². The third-order valence-corrected chi connectivity index (χ3v) is 5.74. The van der Waals surface area contributed by atoms with E-state index >= 15 is 0 Å². The van der Waals surface area contributed by atoms with Crippen LogP contribution in [-0.4, -0.2) is 73.4 Å². The highest BCUT2D eigenvalue weighted by molar-refractivity contribution is 5.79. The molecule has 3 saturated heterocycles. The summed E-state index contributed by atoms with van der Waals surface area (Å²) in [5.41, 5.74) is -0.0418. The SMILES string of the molecule is CC1CCN(C(=O)C2CCN(CC3(CO)COC3)CC2)CC1. The van der Waals surface area contributed by atoms with Crippen LogP contribution in [0.5, 0.6) is 0 Å². The monoisotopic (exact) mass is 310 g/mol. The van der Waals surface area contributed by atoms with Crippen LogP contribution in [0.3, 0.4) is 0 Å². The summed E-state index contributed by atoms with van der Waals surface area (Å²) in [5, 5.41) is 9.53. The van der Waals surface area contributed by atoms with Gasteiger partial charge < -0.3 is 19.6 Å². The molecule has 0 spiro atoms. The van der Waals surface area contributed by atoms with Gasteiger partial charge in [0.25, 0.3) is 0 Å². The van der Waals surface area contributed by atoms with Gasteiger partial charge in [-0.25, -0.2) is 0 Å². The molecule has 0 aromatic carbocycles. The van der Waals surface area contributed by atoms with E-state index in [2.05, 4.69) is 16.7 Å². The molecule has 3 aliphatic heterocycles. The molecule has 1 N–H and O–H groups in total. The molecule has 0 aliphatic carbocycles. The fraction of sp³-hybridized carbons (Fsp3) is 0.941. The van der Waals surface area contributed by atoms with E-state index in [4.69, 9.17) is 4.74 Å². The maximum absolute atomic E-state index is 12.6. The zero-order valence-corrected chi connectivity index (χ0v) is 13.8. The number of nitrogens with zero attached hydrogens (tertiary/aromatic N) is 2. The van der Waals surface area contributed by atoms with Crippen LogP contribution in [0.15, 0.2) is 0 Å². The zero-order chi connectivity index (χ0) is 15.6. The zero-order valence-electron chi connectivity index (χ0n) is 13.8. The predicted octanol–water partition coefficient (Wildman–Crippen LogP) is 0.966.